The van der Waals surface area contributed by atoms with Gasteiger partial charge in [-0.15, -0.1) is 0 Å². The first-order chi connectivity index (χ1) is 13.2. The Hall–Kier alpha value is -3.61. The molecule has 3 rings (SSSR count). The van der Waals surface area contributed by atoms with E-state index >= 15 is 0 Å². The minimum absolute atomic E-state index is 0.125. The summed E-state index contributed by atoms with van der Waals surface area (Å²) in [5, 5.41) is 5.92. The van der Waals surface area contributed by atoms with E-state index in [4.69, 9.17) is 9.47 Å². The molecule has 0 fully saturated rings. The lowest BCUT2D eigenvalue weighted by Gasteiger charge is -2.11. The molecular formula is C20H20N4O3. The SMILES string of the molecule is COc1ccccc1OCC(=O)Nc1ccc(NCc2ccccn2)nc1. The Kier molecular flexibility index (Phi) is 6.19. The highest BCUT2D eigenvalue weighted by Crippen LogP contribution is 2.25. The monoisotopic (exact) mass is 364 g/mol. The van der Waals surface area contributed by atoms with Crippen LogP contribution in [0.3, 0.4) is 0 Å². The summed E-state index contributed by atoms with van der Waals surface area (Å²) in [5.74, 6) is 1.51. The number of anilines is 2. The molecule has 0 atom stereocenters. The van der Waals surface area contributed by atoms with Crippen LogP contribution in [0.1, 0.15) is 5.69 Å². The van der Waals surface area contributed by atoms with Crippen LogP contribution < -0.4 is 20.1 Å². The van der Waals surface area contributed by atoms with Crippen molar-refractivity contribution in [1.29, 1.82) is 0 Å². The second kappa shape index (κ2) is 9.19. The average molecular weight is 364 g/mol. The Morgan fingerprint density at radius 2 is 1.81 bits per heavy atom. The molecule has 7 heteroatoms. The minimum Gasteiger partial charge on any atom is -0.493 e. The van der Waals surface area contributed by atoms with E-state index in [1.807, 2.05) is 30.3 Å². The Morgan fingerprint density at radius 3 is 2.52 bits per heavy atom. The number of carbonyl (C=O) groups excluding carboxylic acids is 1. The van der Waals surface area contributed by atoms with Gasteiger partial charge in [0.2, 0.25) is 0 Å². The van der Waals surface area contributed by atoms with Crippen molar-refractivity contribution in [3.8, 4) is 11.5 Å². The minimum atomic E-state index is -0.281. The zero-order valence-corrected chi connectivity index (χ0v) is 14.9. The lowest BCUT2D eigenvalue weighted by Crippen LogP contribution is -2.20. The largest absolute Gasteiger partial charge is 0.493 e. The third-order valence-corrected chi connectivity index (χ3v) is 3.65. The zero-order valence-electron chi connectivity index (χ0n) is 14.9. The highest BCUT2D eigenvalue weighted by Gasteiger charge is 2.07. The topological polar surface area (TPSA) is 85.4 Å². The molecule has 7 nitrogen and oxygen atoms in total. The van der Waals surface area contributed by atoms with Crippen molar-refractivity contribution < 1.29 is 14.3 Å². The van der Waals surface area contributed by atoms with E-state index < -0.39 is 0 Å². The number of hydrogen-bond donors (Lipinski definition) is 2. The molecule has 0 spiro atoms. The van der Waals surface area contributed by atoms with Gasteiger partial charge in [0.1, 0.15) is 5.82 Å². The molecule has 0 aliphatic rings. The molecule has 138 valence electrons. The quantitative estimate of drug-likeness (QED) is 0.639. The molecule has 0 radical (unpaired) electrons. The smallest absolute Gasteiger partial charge is 0.262 e. The molecule has 2 aromatic heterocycles. The van der Waals surface area contributed by atoms with Crippen LogP contribution in [0.4, 0.5) is 11.5 Å². The maximum absolute atomic E-state index is 12.1. The summed E-state index contributed by atoms with van der Waals surface area (Å²) in [6, 6.07) is 16.5. The molecule has 0 saturated carbocycles. The van der Waals surface area contributed by atoms with Gasteiger partial charge >= 0.3 is 0 Å². The number of amides is 1. The highest BCUT2D eigenvalue weighted by molar-refractivity contribution is 5.91. The number of aromatic nitrogens is 2. The van der Waals surface area contributed by atoms with E-state index in [0.29, 0.717) is 29.5 Å². The van der Waals surface area contributed by atoms with Crippen LogP contribution in [-0.4, -0.2) is 29.6 Å². The number of rotatable bonds is 8. The van der Waals surface area contributed by atoms with Crippen LogP contribution >= 0.6 is 0 Å². The maximum atomic E-state index is 12.1. The summed E-state index contributed by atoms with van der Waals surface area (Å²) in [5.41, 5.74) is 1.51. The standard InChI is InChI=1S/C20H20N4O3/c1-26-17-7-2-3-8-18(17)27-14-20(25)24-16-9-10-19(23-13-16)22-12-15-6-4-5-11-21-15/h2-11,13H,12,14H2,1H3,(H,22,23)(H,24,25). The summed E-state index contributed by atoms with van der Waals surface area (Å²) >= 11 is 0. The fourth-order valence-corrected chi connectivity index (χ4v) is 2.33. The van der Waals surface area contributed by atoms with Gasteiger partial charge in [-0.3, -0.25) is 9.78 Å². The van der Waals surface area contributed by atoms with Gasteiger partial charge in [-0.2, -0.15) is 0 Å². The third kappa shape index (κ3) is 5.43. The molecule has 1 aromatic carbocycles. The van der Waals surface area contributed by atoms with Gasteiger partial charge in [0.15, 0.2) is 18.1 Å². The Morgan fingerprint density at radius 1 is 1.00 bits per heavy atom. The summed E-state index contributed by atoms with van der Waals surface area (Å²) in [4.78, 5) is 20.6. The number of methoxy groups -OCH3 is 1. The maximum Gasteiger partial charge on any atom is 0.262 e. The van der Waals surface area contributed by atoms with Gasteiger partial charge < -0.3 is 20.1 Å². The number of ether oxygens (including phenoxy) is 2. The van der Waals surface area contributed by atoms with E-state index in [0.717, 1.165) is 5.69 Å². The van der Waals surface area contributed by atoms with Crippen molar-refractivity contribution in [1.82, 2.24) is 9.97 Å². The van der Waals surface area contributed by atoms with Crippen LogP contribution in [0, 0.1) is 0 Å². The molecule has 2 N–H and O–H groups in total. The molecule has 0 aliphatic carbocycles. The predicted octanol–water partition coefficient (Wildman–Crippen LogP) is 3.11. The predicted molar refractivity (Wildman–Crippen MR) is 103 cm³/mol. The van der Waals surface area contributed by atoms with Crippen molar-refractivity contribution in [2.45, 2.75) is 6.54 Å². The normalized spacial score (nSPS) is 10.1. The number of nitrogens with zero attached hydrogens (tertiary/aromatic N) is 2. The Bertz CT molecular complexity index is 870. The molecule has 0 aliphatic heterocycles. The first-order valence-electron chi connectivity index (χ1n) is 8.40. The second-order valence-corrected chi connectivity index (χ2v) is 5.59. The fraction of sp³-hybridized carbons (Fsp3) is 0.150. The second-order valence-electron chi connectivity index (χ2n) is 5.59. The number of carbonyl (C=O) groups is 1. The van der Waals surface area contributed by atoms with Crippen LogP contribution in [0.25, 0.3) is 0 Å². The van der Waals surface area contributed by atoms with Gasteiger partial charge in [-0.05, 0) is 36.4 Å². The summed E-state index contributed by atoms with van der Waals surface area (Å²) in [6.07, 6.45) is 3.33. The summed E-state index contributed by atoms with van der Waals surface area (Å²) in [7, 11) is 1.55. The van der Waals surface area contributed by atoms with Gasteiger partial charge in [-0.25, -0.2) is 4.98 Å². The molecule has 0 unspecified atom stereocenters. The van der Waals surface area contributed by atoms with Crippen molar-refractivity contribution in [3.05, 3.63) is 72.7 Å². The lowest BCUT2D eigenvalue weighted by molar-refractivity contribution is -0.118. The average Bonchev–Trinajstić information content (AvgIpc) is 2.72. The number of nitrogens with one attached hydrogen (secondary N) is 2. The molecule has 2 heterocycles. The first-order valence-corrected chi connectivity index (χ1v) is 8.40. The summed E-state index contributed by atoms with van der Waals surface area (Å²) < 4.78 is 10.7. The first kappa shape index (κ1) is 18.2. The number of benzene rings is 1. The lowest BCUT2D eigenvalue weighted by atomic mass is 10.3. The third-order valence-electron chi connectivity index (χ3n) is 3.65. The van der Waals surface area contributed by atoms with E-state index in [9.17, 15) is 4.79 Å². The van der Waals surface area contributed by atoms with Gasteiger partial charge in [0.25, 0.3) is 5.91 Å². The van der Waals surface area contributed by atoms with Crippen LogP contribution in [0.5, 0.6) is 11.5 Å². The number of hydrogen-bond acceptors (Lipinski definition) is 6. The van der Waals surface area contributed by atoms with Gasteiger partial charge in [0.05, 0.1) is 31.2 Å². The Labute approximate surface area is 157 Å². The van der Waals surface area contributed by atoms with Crippen LogP contribution in [0.2, 0.25) is 0 Å². The molecule has 1 amide bonds. The van der Waals surface area contributed by atoms with Crippen molar-refractivity contribution in [2.75, 3.05) is 24.4 Å². The van der Waals surface area contributed by atoms with Crippen LogP contribution in [0.15, 0.2) is 67.0 Å². The zero-order chi connectivity index (χ0) is 18.9. The van der Waals surface area contributed by atoms with Crippen molar-refractivity contribution in [2.24, 2.45) is 0 Å². The molecule has 3 aromatic rings. The molecule has 0 bridgehead atoms. The van der Waals surface area contributed by atoms with Crippen molar-refractivity contribution in [3.63, 3.8) is 0 Å². The molecule has 0 saturated heterocycles. The molecule has 27 heavy (non-hydrogen) atoms. The fourth-order valence-electron chi connectivity index (χ4n) is 2.33. The molecular weight excluding hydrogens is 344 g/mol. The van der Waals surface area contributed by atoms with Gasteiger partial charge in [0, 0.05) is 6.20 Å². The van der Waals surface area contributed by atoms with E-state index in [1.54, 1.807) is 43.8 Å². The van der Waals surface area contributed by atoms with Crippen LogP contribution in [-0.2, 0) is 11.3 Å². The van der Waals surface area contributed by atoms with E-state index in [1.165, 1.54) is 0 Å². The number of pyridine rings is 2. The van der Waals surface area contributed by atoms with Gasteiger partial charge in [-0.1, -0.05) is 18.2 Å². The summed E-state index contributed by atoms with van der Waals surface area (Å²) in [6.45, 7) is 0.451. The van der Waals surface area contributed by atoms with E-state index in [-0.39, 0.29) is 12.5 Å². The van der Waals surface area contributed by atoms with E-state index in [2.05, 4.69) is 20.6 Å². The number of para-hydroxylation sites is 2. The van der Waals surface area contributed by atoms with Crippen molar-refractivity contribution >= 4 is 17.4 Å². The Balaban J connectivity index is 1.48. The highest BCUT2D eigenvalue weighted by atomic mass is 16.5.